The van der Waals surface area contributed by atoms with E-state index >= 15 is 0 Å². The Morgan fingerprint density at radius 3 is 2.36 bits per heavy atom. The zero-order valence-corrected chi connectivity index (χ0v) is 15.2. The summed E-state index contributed by atoms with van der Waals surface area (Å²) in [4.78, 5) is 26.6. The van der Waals surface area contributed by atoms with Gasteiger partial charge in [-0.1, -0.05) is 58.3 Å². The third-order valence-electron chi connectivity index (χ3n) is 2.97. The standard InChI is InChI=1S/C16H20ClN3O5/c1-5-13(18-23-3)15(17)20-25-10-11-8-6-7-9-12(11)14(19-24-4)16(21)22-2/h6-9H,5,10H2,1-4H3/b18-13+,19-14+,20-15-. The van der Waals surface area contributed by atoms with E-state index in [1.807, 2.05) is 6.92 Å². The summed E-state index contributed by atoms with van der Waals surface area (Å²) in [6.45, 7) is 1.91. The van der Waals surface area contributed by atoms with Crippen LogP contribution >= 0.6 is 11.6 Å². The van der Waals surface area contributed by atoms with Crippen molar-refractivity contribution in [1.82, 2.24) is 0 Å². The van der Waals surface area contributed by atoms with Crippen LogP contribution in [0, 0.1) is 0 Å². The number of oxime groups is 3. The fraction of sp³-hybridized carbons (Fsp3) is 0.375. The van der Waals surface area contributed by atoms with E-state index in [-0.39, 0.29) is 17.5 Å². The predicted molar refractivity (Wildman–Crippen MR) is 94.8 cm³/mol. The van der Waals surface area contributed by atoms with E-state index in [9.17, 15) is 4.79 Å². The van der Waals surface area contributed by atoms with Gasteiger partial charge in [0.25, 0.3) is 0 Å². The molecule has 0 spiro atoms. The van der Waals surface area contributed by atoms with Crippen LogP contribution in [-0.2, 0) is 30.7 Å². The van der Waals surface area contributed by atoms with Crippen molar-refractivity contribution >= 4 is 34.2 Å². The zero-order valence-electron chi connectivity index (χ0n) is 14.5. The molecule has 0 aliphatic heterocycles. The number of ether oxygens (including phenoxy) is 1. The second-order valence-corrected chi connectivity index (χ2v) is 4.86. The number of carbonyl (C=O) groups excluding carboxylic acids is 1. The normalized spacial score (nSPS) is 12.6. The SMILES string of the molecule is CCC(=N\OC)/C(Cl)=N/OCc1ccccc1/C(=N\OC)C(=O)OC. The number of esters is 1. The van der Waals surface area contributed by atoms with Crippen molar-refractivity contribution in [1.29, 1.82) is 0 Å². The van der Waals surface area contributed by atoms with Crippen LogP contribution in [0.4, 0.5) is 0 Å². The van der Waals surface area contributed by atoms with Gasteiger partial charge < -0.3 is 19.2 Å². The Balaban J connectivity index is 3.00. The van der Waals surface area contributed by atoms with E-state index < -0.39 is 5.97 Å². The minimum Gasteiger partial charge on any atom is -0.464 e. The molecule has 0 saturated carbocycles. The van der Waals surface area contributed by atoms with E-state index in [4.69, 9.17) is 26.0 Å². The molecule has 0 saturated heterocycles. The number of hydrogen-bond donors (Lipinski definition) is 0. The van der Waals surface area contributed by atoms with Gasteiger partial charge in [0, 0.05) is 11.1 Å². The molecular weight excluding hydrogens is 350 g/mol. The largest absolute Gasteiger partial charge is 0.464 e. The molecular formula is C16H20ClN3O5. The van der Waals surface area contributed by atoms with Gasteiger partial charge >= 0.3 is 5.97 Å². The first kappa shape index (κ1) is 20.4. The third-order valence-corrected chi connectivity index (χ3v) is 3.26. The van der Waals surface area contributed by atoms with Crippen molar-refractivity contribution in [3.63, 3.8) is 0 Å². The van der Waals surface area contributed by atoms with Crippen molar-refractivity contribution in [2.45, 2.75) is 20.0 Å². The van der Waals surface area contributed by atoms with Crippen LogP contribution < -0.4 is 0 Å². The van der Waals surface area contributed by atoms with E-state index in [1.54, 1.807) is 24.3 Å². The number of rotatable bonds is 9. The van der Waals surface area contributed by atoms with Crippen LogP contribution in [0.5, 0.6) is 0 Å². The van der Waals surface area contributed by atoms with Crippen molar-refractivity contribution in [2.24, 2.45) is 15.5 Å². The Bertz CT molecular complexity index is 673. The van der Waals surface area contributed by atoms with E-state index in [1.165, 1.54) is 21.3 Å². The van der Waals surface area contributed by atoms with Crippen LogP contribution in [-0.4, -0.2) is 43.9 Å². The summed E-state index contributed by atoms with van der Waals surface area (Å²) in [6, 6.07) is 7.00. The van der Waals surface area contributed by atoms with Gasteiger partial charge in [-0.05, 0) is 6.42 Å². The van der Waals surface area contributed by atoms with Gasteiger partial charge in [-0.2, -0.15) is 0 Å². The van der Waals surface area contributed by atoms with Gasteiger partial charge in [0.1, 0.15) is 26.5 Å². The van der Waals surface area contributed by atoms with Gasteiger partial charge in [-0.3, -0.25) is 0 Å². The molecule has 1 rings (SSSR count). The van der Waals surface area contributed by atoms with E-state index in [0.717, 1.165) is 0 Å². The van der Waals surface area contributed by atoms with Gasteiger partial charge in [0.05, 0.1) is 7.11 Å². The molecule has 0 N–H and O–H groups in total. The molecule has 1 aromatic carbocycles. The Morgan fingerprint density at radius 2 is 1.76 bits per heavy atom. The van der Waals surface area contributed by atoms with Crippen LogP contribution in [0.3, 0.4) is 0 Å². The number of nitrogens with zero attached hydrogens (tertiary/aromatic N) is 3. The Hall–Kier alpha value is -2.61. The average molecular weight is 370 g/mol. The monoisotopic (exact) mass is 369 g/mol. The molecule has 0 aliphatic rings. The maximum atomic E-state index is 11.9. The lowest BCUT2D eigenvalue weighted by Gasteiger charge is -2.09. The molecule has 25 heavy (non-hydrogen) atoms. The third kappa shape index (κ3) is 6.07. The highest BCUT2D eigenvalue weighted by atomic mass is 35.5. The first-order valence-corrected chi connectivity index (χ1v) is 7.70. The molecule has 0 unspecified atom stereocenters. The molecule has 8 nitrogen and oxygen atoms in total. The van der Waals surface area contributed by atoms with Crippen LogP contribution in [0.2, 0.25) is 0 Å². The fourth-order valence-electron chi connectivity index (χ4n) is 1.83. The first-order chi connectivity index (χ1) is 12.1. The van der Waals surface area contributed by atoms with E-state index in [2.05, 4.69) is 20.3 Å². The average Bonchev–Trinajstić information content (AvgIpc) is 2.64. The quantitative estimate of drug-likeness (QED) is 0.379. The van der Waals surface area contributed by atoms with Crippen molar-refractivity contribution in [3.05, 3.63) is 35.4 Å². The smallest absolute Gasteiger partial charge is 0.360 e. The molecule has 0 fully saturated rings. The minimum atomic E-state index is -0.628. The maximum Gasteiger partial charge on any atom is 0.360 e. The Kier molecular flexibility index (Phi) is 9.02. The number of benzene rings is 1. The predicted octanol–water partition coefficient (Wildman–Crippen LogP) is 2.69. The number of hydrogen-bond acceptors (Lipinski definition) is 8. The van der Waals surface area contributed by atoms with Gasteiger partial charge in [0.2, 0.25) is 0 Å². The number of methoxy groups -OCH3 is 1. The van der Waals surface area contributed by atoms with Crippen LogP contribution in [0.15, 0.2) is 39.7 Å². The molecule has 0 bridgehead atoms. The highest BCUT2D eigenvalue weighted by molar-refractivity contribution is 6.83. The molecule has 0 radical (unpaired) electrons. The van der Waals surface area contributed by atoms with Crippen molar-refractivity contribution in [2.75, 3.05) is 21.3 Å². The molecule has 0 aliphatic carbocycles. The highest BCUT2D eigenvalue weighted by Gasteiger charge is 2.19. The summed E-state index contributed by atoms with van der Waals surface area (Å²) < 4.78 is 4.72. The van der Waals surface area contributed by atoms with Gasteiger partial charge in [0.15, 0.2) is 10.9 Å². The molecule has 0 heterocycles. The number of halogens is 1. The second kappa shape index (κ2) is 11.0. The molecule has 0 atom stereocenters. The minimum absolute atomic E-state index is 0.0227. The lowest BCUT2D eigenvalue weighted by Crippen LogP contribution is -2.19. The topological polar surface area (TPSA) is 91.1 Å². The zero-order chi connectivity index (χ0) is 18.7. The summed E-state index contributed by atoms with van der Waals surface area (Å²) in [5.41, 5.74) is 1.63. The summed E-state index contributed by atoms with van der Waals surface area (Å²) in [5, 5.41) is 11.4. The fourth-order valence-corrected chi connectivity index (χ4v) is 2.05. The van der Waals surface area contributed by atoms with E-state index in [0.29, 0.717) is 23.3 Å². The summed E-state index contributed by atoms with van der Waals surface area (Å²) in [5.74, 6) is -0.628. The molecule has 0 aromatic heterocycles. The Morgan fingerprint density at radius 1 is 1.08 bits per heavy atom. The molecule has 1 aromatic rings. The lowest BCUT2D eigenvalue weighted by molar-refractivity contribution is -0.132. The van der Waals surface area contributed by atoms with Crippen LogP contribution in [0.1, 0.15) is 24.5 Å². The highest BCUT2D eigenvalue weighted by Crippen LogP contribution is 2.13. The number of carbonyl (C=O) groups is 1. The maximum absolute atomic E-state index is 11.9. The molecule has 136 valence electrons. The Labute approximate surface area is 151 Å². The summed E-state index contributed by atoms with van der Waals surface area (Å²) >= 11 is 6.01. The molecule has 0 amide bonds. The lowest BCUT2D eigenvalue weighted by atomic mass is 10.0. The van der Waals surface area contributed by atoms with Gasteiger partial charge in [-0.25, -0.2) is 4.79 Å². The van der Waals surface area contributed by atoms with Crippen molar-refractivity contribution in [3.8, 4) is 0 Å². The van der Waals surface area contributed by atoms with Gasteiger partial charge in [-0.15, -0.1) is 0 Å². The first-order valence-electron chi connectivity index (χ1n) is 7.32. The second-order valence-electron chi connectivity index (χ2n) is 4.50. The van der Waals surface area contributed by atoms with Crippen LogP contribution in [0.25, 0.3) is 0 Å². The summed E-state index contributed by atoms with van der Waals surface area (Å²) in [6.07, 6.45) is 0.531. The molecule has 9 heteroatoms. The summed E-state index contributed by atoms with van der Waals surface area (Å²) in [7, 11) is 4.02. The van der Waals surface area contributed by atoms with Crippen molar-refractivity contribution < 1.29 is 24.0 Å².